The van der Waals surface area contributed by atoms with Gasteiger partial charge in [0.15, 0.2) is 6.29 Å². The molecule has 0 radical (unpaired) electrons. The van der Waals surface area contributed by atoms with Crippen LogP contribution in [0, 0.1) is 52.3 Å². The van der Waals surface area contributed by atoms with Crippen molar-refractivity contribution in [2.24, 2.45) is 52.3 Å². The number of ether oxygens (including phenoxy) is 3. The molecule has 0 aromatic carbocycles. The maximum atomic E-state index is 11.9. The van der Waals surface area contributed by atoms with Crippen molar-refractivity contribution in [3.05, 3.63) is 11.6 Å². The second-order valence-corrected chi connectivity index (χ2v) is 16.9. The van der Waals surface area contributed by atoms with Crippen LogP contribution in [-0.2, 0) is 19.0 Å². The molecule has 14 atom stereocenters. The Morgan fingerprint density at radius 3 is 2.43 bits per heavy atom. The number of aliphatic hydroxyl groups excluding tert-OH is 3. The Morgan fingerprint density at radius 2 is 1.74 bits per heavy atom. The van der Waals surface area contributed by atoms with E-state index in [9.17, 15) is 20.1 Å². The van der Waals surface area contributed by atoms with Gasteiger partial charge in [0.25, 0.3) is 0 Å². The molecule has 5 aliphatic rings. The van der Waals surface area contributed by atoms with Crippen LogP contribution in [-0.4, -0.2) is 64.7 Å². The highest BCUT2D eigenvalue weighted by Gasteiger charge is 2.59. The molecule has 264 valence electrons. The Kier molecular flexibility index (Phi) is 11.7. The summed E-state index contributed by atoms with van der Waals surface area (Å²) in [6.07, 6.45) is 10.5. The quantitative estimate of drug-likeness (QED) is 0.152. The lowest BCUT2D eigenvalue weighted by molar-refractivity contribution is -0.313. The number of rotatable bonds is 12. The normalized spacial score (nSPS) is 43.7. The molecule has 1 saturated heterocycles. The molecule has 8 unspecified atom stereocenters. The molecule has 0 aromatic heterocycles. The van der Waals surface area contributed by atoms with E-state index in [0.717, 1.165) is 61.2 Å². The Bertz CT molecular complexity index is 1060. The average Bonchev–Trinajstić information content (AvgIpc) is 3.38. The van der Waals surface area contributed by atoms with Gasteiger partial charge in [0.1, 0.15) is 31.0 Å². The standard InChI is InChI=1S/C39H66O7/c1-8-10-33(40)44-22-32-34(41)35(42)36(43)37(46-32)45-27-17-19-38(6)26(21-27)13-14-28-30-16-15-29(39(30,7)20-18-31(28)38)24(5)11-12-25(9-2)23(3)4/h13,23-25,27-32,34-37,41-43H,8-12,14-22H2,1-7H3/t24-,25-,27+,28?,29-,30?,31?,32?,34?,35?,36?,37?,38+,39-/m1/s1. The number of carbonyl (C=O) groups is 1. The maximum absolute atomic E-state index is 11.9. The van der Waals surface area contributed by atoms with Crippen molar-refractivity contribution in [3.8, 4) is 0 Å². The lowest BCUT2D eigenvalue weighted by Crippen LogP contribution is -2.60. The summed E-state index contributed by atoms with van der Waals surface area (Å²) in [5.74, 6) is 5.20. The summed E-state index contributed by atoms with van der Waals surface area (Å²) < 4.78 is 17.5. The largest absolute Gasteiger partial charge is 0.463 e. The molecule has 3 N–H and O–H groups in total. The van der Waals surface area contributed by atoms with Gasteiger partial charge in [-0.25, -0.2) is 0 Å². The number of hydrogen-bond donors (Lipinski definition) is 3. The molecule has 1 heterocycles. The summed E-state index contributed by atoms with van der Waals surface area (Å²) in [4.78, 5) is 11.9. The molecule has 0 aromatic rings. The van der Waals surface area contributed by atoms with Crippen LogP contribution in [0.3, 0.4) is 0 Å². The Balaban J connectivity index is 1.21. The third-order valence-electron chi connectivity index (χ3n) is 14.1. The van der Waals surface area contributed by atoms with Gasteiger partial charge in [-0.3, -0.25) is 4.79 Å². The van der Waals surface area contributed by atoms with Gasteiger partial charge >= 0.3 is 5.97 Å². The first-order chi connectivity index (χ1) is 21.8. The van der Waals surface area contributed by atoms with Crippen LogP contribution in [0.25, 0.3) is 0 Å². The van der Waals surface area contributed by atoms with Crippen molar-refractivity contribution >= 4 is 5.97 Å². The number of hydrogen-bond acceptors (Lipinski definition) is 7. The van der Waals surface area contributed by atoms with Gasteiger partial charge in [0.05, 0.1) is 6.10 Å². The molecule has 1 aliphatic heterocycles. The Morgan fingerprint density at radius 1 is 0.978 bits per heavy atom. The molecule has 5 rings (SSSR count). The number of allylic oxidation sites excluding steroid dienone is 1. The van der Waals surface area contributed by atoms with Crippen molar-refractivity contribution in [2.45, 2.75) is 169 Å². The van der Waals surface area contributed by atoms with Crippen molar-refractivity contribution in [3.63, 3.8) is 0 Å². The molecule has 3 saturated carbocycles. The molecule has 46 heavy (non-hydrogen) atoms. The van der Waals surface area contributed by atoms with Crippen molar-refractivity contribution in [1.82, 2.24) is 0 Å². The minimum Gasteiger partial charge on any atom is -0.463 e. The lowest BCUT2D eigenvalue weighted by atomic mass is 9.47. The molecule has 0 spiro atoms. The number of fused-ring (bicyclic) bond motifs is 5. The van der Waals surface area contributed by atoms with Crippen LogP contribution in [0.5, 0.6) is 0 Å². The van der Waals surface area contributed by atoms with E-state index < -0.39 is 30.7 Å². The van der Waals surface area contributed by atoms with Crippen molar-refractivity contribution in [1.29, 1.82) is 0 Å². The lowest BCUT2D eigenvalue weighted by Gasteiger charge is -2.58. The predicted octanol–water partition coefficient (Wildman–Crippen LogP) is 7.20. The third kappa shape index (κ3) is 7.02. The van der Waals surface area contributed by atoms with Gasteiger partial charge in [-0.05, 0) is 116 Å². The van der Waals surface area contributed by atoms with E-state index in [1.54, 1.807) is 0 Å². The first kappa shape index (κ1) is 36.3. The summed E-state index contributed by atoms with van der Waals surface area (Å²) in [6, 6.07) is 0. The molecule has 7 heteroatoms. The second kappa shape index (κ2) is 14.9. The van der Waals surface area contributed by atoms with Gasteiger partial charge in [-0.2, -0.15) is 0 Å². The van der Waals surface area contributed by atoms with Crippen LogP contribution in [0.4, 0.5) is 0 Å². The minimum atomic E-state index is -1.44. The van der Waals surface area contributed by atoms with Crippen molar-refractivity contribution < 1.29 is 34.3 Å². The zero-order valence-electron chi connectivity index (χ0n) is 30.0. The van der Waals surface area contributed by atoms with Gasteiger partial charge in [0, 0.05) is 6.42 Å². The van der Waals surface area contributed by atoms with Gasteiger partial charge in [-0.1, -0.05) is 73.0 Å². The predicted molar refractivity (Wildman–Crippen MR) is 180 cm³/mol. The number of carbonyl (C=O) groups excluding carboxylic acids is 1. The fraction of sp³-hybridized carbons (Fsp3) is 0.923. The van der Waals surface area contributed by atoms with E-state index >= 15 is 0 Å². The summed E-state index contributed by atoms with van der Waals surface area (Å²) in [5, 5.41) is 31.8. The zero-order chi connectivity index (χ0) is 33.4. The molecular weight excluding hydrogens is 580 g/mol. The zero-order valence-corrected chi connectivity index (χ0v) is 30.0. The van der Waals surface area contributed by atoms with Crippen LogP contribution in [0.15, 0.2) is 11.6 Å². The smallest absolute Gasteiger partial charge is 0.305 e. The second-order valence-electron chi connectivity index (χ2n) is 16.9. The molecule has 0 amide bonds. The topological polar surface area (TPSA) is 105 Å². The van der Waals surface area contributed by atoms with E-state index in [0.29, 0.717) is 17.8 Å². The van der Waals surface area contributed by atoms with Gasteiger partial charge in [0.2, 0.25) is 0 Å². The summed E-state index contributed by atoms with van der Waals surface area (Å²) in [5.41, 5.74) is 2.13. The van der Waals surface area contributed by atoms with E-state index in [1.807, 2.05) is 6.92 Å². The van der Waals surface area contributed by atoms with E-state index in [1.165, 1.54) is 50.5 Å². The highest BCUT2D eigenvalue weighted by atomic mass is 16.7. The Labute approximate surface area is 279 Å². The SMILES string of the molecule is CCCC(=O)OCC1OC(O[C@H]2CC[C@@]3(C)C(=CCC4C3CC[C@@]3(C)C4CC[C@@H]3[C@H](C)CC[C@@H](CC)C(C)C)C2)C(O)C(O)C1O. The van der Waals surface area contributed by atoms with Crippen LogP contribution < -0.4 is 0 Å². The Hall–Kier alpha value is -0.990. The molecule has 4 aliphatic carbocycles. The monoisotopic (exact) mass is 646 g/mol. The van der Waals surface area contributed by atoms with Gasteiger partial charge in [-0.15, -0.1) is 0 Å². The minimum absolute atomic E-state index is 0.135. The highest BCUT2D eigenvalue weighted by molar-refractivity contribution is 5.69. The number of esters is 1. The molecule has 7 nitrogen and oxygen atoms in total. The fourth-order valence-electron chi connectivity index (χ4n) is 11.2. The summed E-state index contributed by atoms with van der Waals surface area (Å²) >= 11 is 0. The summed E-state index contributed by atoms with van der Waals surface area (Å²) in [6.45, 7) is 16.6. The van der Waals surface area contributed by atoms with Crippen LogP contribution >= 0.6 is 0 Å². The molecule has 4 fully saturated rings. The highest BCUT2D eigenvalue weighted by Crippen LogP contribution is 2.67. The molecule has 0 bridgehead atoms. The van der Waals surface area contributed by atoms with Crippen molar-refractivity contribution in [2.75, 3.05) is 6.61 Å². The first-order valence-corrected chi connectivity index (χ1v) is 19.0. The fourth-order valence-corrected chi connectivity index (χ4v) is 11.2. The molecular formula is C39H66O7. The maximum Gasteiger partial charge on any atom is 0.305 e. The van der Waals surface area contributed by atoms with E-state index in [2.05, 4.69) is 47.6 Å². The average molecular weight is 647 g/mol. The van der Waals surface area contributed by atoms with E-state index in [-0.39, 0.29) is 30.5 Å². The van der Waals surface area contributed by atoms with E-state index in [4.69, 9.17) is 14.2 Å². The summed E-state index contributed by atoms with van der Waals surface area (Å²) in [7, 11) is 0. The van der Waals surface area contributed by atoms with Crippen LogP contribution in [0.2, 0.25) is 0 Å². The number of aliphatic hydroxyl groups is 3. The van der Waals surface area contributed by atoms with Crippen LogP contribution in [0.1, 0.15) is 132 Å². The first-order valence-electron chi connectivity index (χ1n) is 19.0. The van der Waals surface area contributed by atoms with Gasteiger partial charge < -0.3 is 29.5 Å². The third-order valence-corrected chi connectivity index (χ3v) is 14.1.